The Morgan fingerprint density at radius 2 is 1.95 bits per heavy atom. The maximum absolute atomic E-state index is 12.5. The van der Waals surface area contributed by atoms with E-state index < -0.39 is 11.6 Å². The summed E-state index contributed by atoms with van der Waals surface area (Å²) in [6.45, 7) is 9.64. The first-order valence-electron chi connectivity index (χ1n) is 13.6. The quantitative estimate of drug-likeness (QED) is 0.490. The van der Waals surface area contributed by atoms with Gasteiger partial charge in [0, 0.05) is 25.3 Å². The Bertz CT molecular complexity index is 1310. The van der Waals surface area contributed by atoms with Crippen LogP contribution in [0, 0.1) is 0 Å². The molecule has 0 spiro atoms. The van der Waals surface area contributed by atoms with Crippen molar-refractivity contribution < 1.29 is 19.4 Å². The van der Waals surface area contributed by atoms with Crippen molar-refractivity contribution in [3.05, 3.63) is 70.8 Å². The van der Waals surface area contributed by atoms with Crippen LogP contribution in [-0.4, -0.2) is 58.4 Å². The van der Waals surface area contributed by atoms with Gasteiger partial charge in [0.25, 0.3) is 0 Å². The molecule has 2 aromatic carbocycles. The standard InChI is InChI=1S/C30H37N5O4/c1-19-28-24-9-8-22(21-10-13-34(14-11-21)29(38)39-30(2,3)4)18-25(24)26(12-15-35(28)33-32-19)31-23-7-5-6-20(16-23)17-27(36)37/h5-10,16,18-19,26,28,31H,11-15,17H2,1-4H3,(H,36,37). The van der Waals surface area contributed by atoms with E-state index in [-0.39, 0.29) is 30.6 Å². The van der Waals surface area contributed by atoms with E-state index >= 15 is 0 Å². The molecule has 1 amide bonds. The van der Waals surface area contributed by atoms with Gasteiger partial charge in [0.15, 0.2) is 0 Å². The maximum atomic E-state index is 12.5. The van der Waals surface area contributed by atoms with Crippen molar-refractivity contribution >= 4 is 23.3 Å². The molecule has 206 valence electrons. The highest BCUT2D eigenvalue weighted by molar-refractivity contribution is 5.73. The van der Waals surface area contributed by atoms with E-state index in [9.17, 15) is 14.7 Å². The zero-order valence-electron chi connectivity index (χ0n) is 23.1. The van der Waals surface area contributed by atoms with Gasteiger partial charge in [0.2, 0.25) is 0 Å². The summed E-state index contributed by atoms with van der Waals surface area (Å²) in [6.07, 6.45) is 3.41. The summed E-state index contributed by atoms with van der Waals surface area (Å²) in [4.78, 5) is 25.5. The van der Waals surface area contributed by atoms with E-state index in [0.717, 1.165) is 36.2 Å². The highest BCUT2D eigenvalue weighted by Gasteiger charge is 2.37. The van der Waals surface area contributed by atoms with Crippen molar-refractivity contribution in [3.63, 3.8) is 0 Å². The number of hydrogen-bond acceptors (Lipinski definition) is 7. The number of carbonyl (C=O) groups is 2. The van der Waals surface area contributed by atoms with Gasteiger partial charge in [-0.15, -0.1) is 0 Å². The number of nitrogens with zero attached hydrogens (tertiary/aromatic N) is 4. The van der Waals surface area contributed by atoms with Crippen molar-refractivity contribution in [2.24, 2.45) is 10.3 Å². The van der Waals surface area contributed by atoms with Gasteiger partial charge in [-0.2, -0.15) is 5.11 Å². The van der Waals surface area contributed by atoms with Crippen LogP contribution < -0.4 is 5.32 Å². The molecule has 3 aliphatic rings. The third-order valence-electron chi connectivity index (χ3n) is 7.41. The van der Waals surface area contributed by atoms with Crippen LogP contribution in [-0.2, 0) is 16.0 Å². The van der Waals surface area contributed by atoms with Crippen molar-refractivity contribution in [1.29, 1.82) is 0 Å². The lowest BCUT2D eigenvalue weighted by molar-refractivity contribution is -0.136. The molecule has 3 heterocycles. The van der Waals surface area contributed by atoms with Crippen LogP contribution in [0.15, 0.2) is 58.9 Å². The van der Waals surface area contributed by atoms with Crippen LogP contribution in [0.1, 0.15) is 74.9 Å². The number of carboxylic acid groups (broad SMARTS) is 1. The maximum Gasteiger partial charge on any atom is 0.410 e. The number of aliphatic carboxylic acids is 1. The Hall–Kier alpha value is -3.88. The Balaban J connectivity index is 1.43. The number of benzene rings is 2. The summed E-state index contributed by atoms with van der Waals surface area (Å²) >= 11 is 0. The number of nitrogens with one attached hydrogen (secondary N) is 1. The second kappa shape index (κ2) is 10.7. The van der Waals surface area contributed by atoms with Gasteiger partial charge < -0.3 is 20.1 Å². The lowest BCUT2D eigenvalue weighted by Crippen LogP contribution is -2.39. The first-order valence-corrected chi connectivity index (χ1v) is 13.6. The van der Waals surface area contributed by atoms with Crippen LogP contribution in [0.25, 0.3) is 5.57 Å². The normalized spacial score (nSPS) is 22.5. The Kier molecular flexibility index (Phi) is 7.34. The molecule has 39 heavy (non-hydrogen) atoms. The van der Waals surface area contributed by atoms with Gasteiger partial charge in [-0.1, -0.05) is 35.6 Å². The Labute approximate surface area is 229 Å². The molecule has 9 nitrogen and oxygen atoms in total. The third-order valence-corrected chi connectivity index (χ3v) is 7.41. The molecule has 3 atom stereocenters. The Morgan fingerprint density at radius 1 is 1.13 bits per heavy atom. The summed E-state index contributed by atoms with van der Waals surface area (Å²) in [5.41, 5.74) is 5.93. The lowest BCUT2D eigenvalue weighted by Gasteiger charge is -2.30. The molecule has 3 aliphatic heterocycles. The molecule has 2 N–H and O–H groups in total. The molecule has 0 saturated heterocycles. The fraction of sp³-hybridized carbons (Fsp3) is 0.467. The molecular formula is C30H37N5O4. The molecule has 0 bridgehead atoms. The van der Waals surface area contributed by atoms with Crippen molar-refractivity contribution in [1.82, 2.24) is 9.91 Å². The predicted octanol–water partition coefficient (Wildman–Crippen LogP) is 6.01. The first-order chi connectivity index (χ1) is 18.6. The molecule has 2 aromatic rings. The van der Waals surface area contributed by atoms with E-state index in [0.29, 0.717) is 13.1 Å². The number of ether oxygens (including phenoxy) is 1. The van der Waals surface area contributed by atoms with Gasteiger partial charge >= 0.3 is 12.1 Å². The minimum Gasteiger partial charge on any atom is -0.481 e. The van der Waals surface area contributed by atoms with Crippen molar-refractivity contribution in [2.45, 2.75) is 70.7 Å². The van der Waals surface area contributed by atoms with Crippen LogP contribution in [0.3, 0.4) is 0 Å². The summed E-state index contributed by atoms with van der Waals surface area (Å²) in [5.74, 6) is -0.845. The summed E-state index contributed by atoms with van der Waals surface area (Å²) in [7, 11) is 0. The van der Waals surface area contributed by atoms with E-state index in [4.69, 9.17) is 4.74 Å². The fourth-order valence-electron chi connectivity index (χ4n) is 5.60. The van der Waals surface area contributed by atoms with E-state index in [1.54, 1.807) is 4.90 Å². The van der Waals surface area contributed by atoms with E-state index in [1.165, 1.54) is 16.7 Å². The summed E-state index contributed by atoms with van der Waals surface area (Å²) < 4.78 is 5.55. The number of hydrogen-bond donors (Lipinski definition) is 2. The third kappa shape index (κ3) is 6.08. The van der Waals surface area contributed by atoms with E-state index in [2.05, 4.69) is 51.9 Å². The molecule has 0 fully saturated rings. The molecule has 0 aliphatic carbocycles. The number of fused-ring (bicyclic) bond motifs is 3. The molecular weight excluding hydrogens is 494 g/mol. The van der Waals surface area contributed by atoms with Gasteiger partial charge in [0.1, 0.15) is 5.60 Å². The number of carboxylic acids is 1. The number of anilines is 1. The number of rotatable bonds is 5. The smallest absolute Gasteiger partial charge is 0.410 e. The molecule has 9 heteroatoms. The number of carbonyl (C=O) groups excluding carboxylic acids is 1. The number of amides is 1. The molecule has 0 saturated carbocycles. The zero-order chi connectivity index (χ0) is 27.7. The first kappa shape index (κ1) is 26.7. The Morgan fingerprint density at radius 3 is 2.67 bits per heavy atom. The fourth-order valence-corrected chi connectivity index (χ4v) is 5.60. The van der Waals surface area contributed by atoms with Crippen LogP contribution >= 0.6 is 0 Å². The summed E-state index contributed by atoms with van der Waals surface area (Å²) in [6, 6.07) is 14.5. The molecule has 0 radical (unpaired) electrons. The monoisotopic (exact) mass is 531 g/mol. The van der Waals surface area contributed by atoms with Gasteiger partial charge in [-0.3, -0.25) is 9.80 Å². The van der Waals surface area contributed by atoms with Gasteiger partial charge in [-0.05, 0) is 86.6 Å². The minimum absolute atomic E-state index is 0.0108. The minimum atomic E-state index is -0.845. The van der Waals surface area contributed by atoms with Crippen LogP contribution in [0.4, 0.5) is 10.5 Å². The second-order valence-electron chi connectivity index (χ2n) is 11.6. The van der Waals surface area contributed by atoms with Gasteiger partial charge in [-0.25, -0.2) is 4.79 Å². The van der Waals surface area contributed by atoms with Gasteiger partial charge in [0.05, 0.1) is 24.5 Å². The average Bonchev–Trinajstić information content (AvgIpc) is 3.17. The highest BCUT2D eigenvalue weighted by atomic mass is 16.6. The topological polar surface area (TPSA) is 107 Å². The second-order valence-corrected chi connectivity index (χ2v) is 11.6. The highest BCUT2D eigenvalue weighted by Crippen LogP contribution is 2.42. The predicted molar refractivity (Wildman–Crippen MR) is 149 cm³/mol. The lowest BCUT2D eigenvalue weighted by atomic mass is 9.88. The van der Waals surface area contributed by atoms with Crippen LogP contribution in [0.2, 0.25) is 0 Å². The summed E-state index contributed by atoms with van der Waals surface area (Å²) in [5, 5.41) is 23.9. The van der Waals surface area contributed by atoms with E-state index in [1.807, 2.05) is 45.0 Å². The van der Waals surface area contributed by atoms with Crippen molar-refractivity contribution in [2.75, 3.05) is 25.0 Å². The molecule has 3 unspecified atom stereocenters. The van der Waals surface area contributed by atoms with Crippen LogP contribution in [0.5, 0.6) is 0 Å². The zero-order valence-corrected chi connectivity index (χ0v) is 23.1. The average molecular weight is 532 g/mol. The van der Waals surface area contributed by atoms with Crippen molar-refractivity contribution in [3.8, 4) is 0 Å². The largest absolute Gasteiger partial charge is 0.481 e. The SMILES string of the molecule is CC1N=NN2CCC(Nc3cccc(CC(=O)O)c3)c3cc(C4=CCN(C(=O)OC(C)(C)C)CC4)ccc3C12. The molecule has 5 rings (SSSR count). The molecule has 0 aromatic heterocycles.